The van der Waals surface area contributed by atoms with Gasteiger partial charge in [-0.05, 0) is 49.6 Å². The first kappa shape index (κ1) is 16.2. The molecule has 0 atom stereocenters. The lowest BCUT2D eigenvalue weighted by Gasteiger charge is -2.19. The standard InChI is InChI=1S/C18H24O2S/c1-3-20-18(19)17(13-14-7-5-4-6-8-14)15-9-11-16(21-2)12-10-15/h9-14H,3-8H2,1-2H3/b17-13+. The molecule has 114 valence electrons. The molecule has 3 heteroatoms. The minimum absolute atomic E-state index is 0.194. The normalized spacial score (nSPS) is 16.8. The molecule has 1 aromatic carbocycles. The van der Waals surface area contributed by atoms with Gasteiger partial charge in [-0.3, -0.25) is 0 Å². The first-order valence-electron chi connectivity index (χ1n) is 7.78. The van der Waals surface area contributed by atoms with Crippen molar-refractivity contribution < 1.29 is 9.53 Å². The summed E-state index contributed by atoms with van der Waals surface area (Å²) in [4.78, 5) is 13.5. The molecule has 1 aliphatic rings. The summed E-state index contributed by atoms with van der Waals surface area (Å²) < 4.78 is 5.24. The lowest BCUT2D eigenvalue weighted by atomic mass is 9.87. The Morgan fingerprint density at radius 1 is 1.24 bits per heavy atom. The summed E-state index contributed by atoms with van der Waals surface area (Å²) in [5, 5.41) is 0. The Morgan fingerprint density at radius 2 is 1.90 bits per heavy atom. The molecule has 0 N–H and O–H groups in total. The van der Waals surface area contributed by atoms with Crippen LogP contribution >= 0.6 is 11.8 Å². The van der Waals surface area contributed by atoms with Crippen LogP contribution in [0.2, 0.25) is 0 Å². The zero-order valence-electron chi connectivity index (χ0n) is 12.9. The maximum atomic E-state index is 12.3. The van der Waals surface area contributed by atoms with E-state index in [0.717, 1.165) is 11.1 Å². The third-order valence-corrected chi connectivity index (χ3v) is 4.69. The molecule has 0 aromatic heterocycles. The van der Waals surface area contributed by atoms with Crippen molar-refractivity contribution in [1.29, 1.82) is 0 Å². The van der Waals surface area contributed by atoms with E-state index in [-0.39, 0.29) is 5.97 Å². The topological polar surface area (TPSA) is 26.3 Å². The average Bonchev–Trinajstić information content (AvgIpc) is 2.54. The van der Waals surface area contributed by atoms with Crippen molar-refractivity contribution in [1.82, 2.24) is 0 Å². The van der Waals surface area contributed by atoms with Crippen LogP contribution in [0.15, 0.2) is 35.2 Å². The van der Waals surface area contributed by atoms with Crippen LogP contribution in [-0.4, -0.2) is 18.8 Å². The van der Waals surface area contributed by atoms with Crippen LogP contribution in [0.4, 0.5) is 0 Å². The smallest absolute Gasteiger partial charge is 0.338 e. The molecule has 0 saturated heterocycles. The predicted octanol–water partition coefficient (Wildman–Crippen LogP) is 4.94. The minimum atomic E-state index is -0.194. The molecule has 0 unspecified atom stereocenters. The number of allylic oxidation sites excluding steroid dienone is 1. The van der Waals surface area contributed by atoms with Gasteiger partial charge in [0.25, 0.3) is 0 Å². The van der Waals surface area contributed by atoms with E-state index in [1.807, 2.05) is 19.1 Å². The molecular weight excluding hydrogens is 280 g/mol. The highest BCUT2D eigenvalue weighted by atomic mass is 32.2. The molecule has 0 aliphatic heterocycles. The largest absolute Gasteiger partial charge is 0.462 e. The third kappa shape index (κ3) is 4.63. The molecule has 1 saturated carbocycles. The van der Waals surface area contributed by atoms with Crippen LogP contribution in [0.5, 0.6) is 0 Å². The zero-order chi connectivity index (χ0) is 15.1. The van der Waals surface area contributed by atoms with Crippen molar-refractivity contribution in [3.63, 3.8) is 0 Å². The fraction of sp³-hybridized carbons (Fsp3) is 0.500. The molecule has 2 rings (SSSR count). The van der Waals surface area contributed by atoms with Gasteiger partial charge in [0.15, 0.2) is 0 Å². The third-order valence-electron chi connectivity index (χ3n) is 3.95. The van der Waals surface area contributed by atoms with Crippen LogP contribution in [0.1, 0.15) is 44.6 Å². The molecule has 2 nitrogen and oxygen atoms in total. The van der Waals surface area contributed by atoms with Crippen molar-refractivity contribution in [3.8, 4) is 0 Å². The summed E-state index contributed by atoms with van der Waals surface area (Å²) in [6.07, 6.45) is 10.4. The summed E-state index contributed by atoms with van der Waals surface area (Å²) >= 11 is 1.71. The van der Waals surface area contributed by atoms with Crippen molar-refractivity contribution >= 4 is 23.3 Å². The highest BCUT2D eigenvalue weighted by Gasteiger charge is 2.18. The van der Waals surface area contributed by atoms with Crippen LogP contribution < -0.4 is 0 Å². The number of carbonyl (C=O) groups excluding carboxylic acids is 1. The van der Waals surface area contributed by atoms with Crippen LogP contribution in [0, 0.1) is 5.92 Å². The van der Waals surface area contributed by atoms with E-state index < -0.39 is 0 Å². The molecular formula is C18H24O2S. The quantitative estimate of drug-likeness (QED) is 0.438. The maximum Gasteiger partial charge on any atom is 0.338 e. The summed E-state index contributed by atoms with van der Waals surface area (Å²) in [6, 6.07) is 8.18. The number of rotatable bonds is 5. The lowest BCUT2D eigenvalue weighted by Crippen LogP contribution is -2.10. The van der Waals surface area contributed by atoms with E-state index >= 15 is 0 Å². The Balaban J connectivity index is 2.25. The van der Waals surface area contributed by atoms with Crippen LogP contribution in [0.25, 0.3) is 5.57 Å². The van der Waals surface area contributed by atoms with Crippen molar-refractivity contribution in [2.45, 2.75) is 43.9 Å². The Morgan fingerprint density at radius 3 is 2.48 bits per heavy atom. The summed E-state index contributed by atoms with van der Waals surface area (Å²) in [5.41, 5.74) is 1.70. The Bertz CT molecular complexity index is 484. The fourth-order valence-corrected chi connectivity index (χ4v) is 3.21. The summed E-state index contributed by atoms with van der Waals surface area (Å²) in [5.74, 6) is 0.318. The monoisotopic (exact) mass is 304 g/mol. The van der Waals surface area contributed by atoms with Gasteiger partial charge in [-0.15, -0.1) is 11.8 Å². The van der Waals surface area contributed by atoms with Gasteiger partial charge in [0, 0.05) is 4.90 Å². The number of ether oxygens (including phenoxy) is 1. The molecule has 0 amide bonds. The molecule has 0 bridgehead atoms. The Hall–Kier alpha value is -1.22. The van der Waals surface area contributed by atoms with Gasteiger partial charge < -0.3 is 4.74 Å². The predicted molar refractivity (Wildman–Crippen MR) is 89.4 cm³/mol. The average molecular weight is 304 g/mol. The van der Waals surface area contributed by atoms with Gasteiger partial charge in [0.05, 0.1) is 12.2 Å². The van der Waals surface area contributed by atoms with E-state index in [4.69, 9.17) is 4.74 Å². The molecule has 0 heterocycles. The van der Waals surface area contributed by atoms with Gasteiger partial charge in [-0.25, -0.2) is 4.79 Å². The second kappa shape index (κ2) is 8.28. The van der Waals surface area contributed by atoms with E-state index in [0.29, 0.717) is 12.5 Å². The van der Waals surface area contributed by atoms with E-state index in [2.05, 4.69) is 24.5 Å². The van der Waals surface area contributed by atoms with Gasteiger partial charge in [-0.1, -0.05) is 37.5 Å². The number of thioether (sulfide) groups is 1. The Labute approximate surface area is 132 Å². The molecule has 1 aliphatic carbocycles. The van der Waals surface area contributed by atoms with Gasteiger partial charge in [0.2, 0.25) is 0 Å². The van der Waals surface area contributed by atoms with E-state index in [9.17, 15) is 4.79 Å². The zero-order valence-corrected chi connectivity index (χ0v) is 13.7. The van der Waals surface area contributed by atoms with Crippen LogP contribution in [-0.2, 0) is 9.53 Å². The van der Waals surface area contributed by atoms with Crippen molar-refractivity contribution in [2.75, 3.05) is 12.9 Å². The van der Waals surface area contributed by atoms with Crippen molar-refractivity contribution in [2.24, 2.45) is 5.92 Å². The van der Waals surface area contributed by atoms with Crippen molar-refractivity contribution in [3.05, 3.63) is 35.9 Å². The summed E-state index contributed by atoms with van der Waals surface area (Å²) in [6.45, 7) is 2.27. The highest BCUT2D eigenvalue weighted by molar-refractivity contribution is 7.98. The van der Waals surface area contributed by atoms with Crippen LogP contribution in [0.3, 0.4) is 0 Å². The molecule has 1 fully saturated rings. The van der Waals surface area contributed by atoms with Gasteiger partial charge in [0.1, 0.15) is 0 Å². The lowest BCUT2D eigenvalue weighted by molar-refractivity contribution is -0.136. The number of benzene rings is 1. The van der Waals surface area contributed by atoms with E-state index in [1.54, 1.807) is 11.8 Å². The second-order valence-electron chi connectivity index (χ2n) is 5.43. The summed E-state index contributed by atoms with van der Waals surface area (Å²) in [7, 11) is 0. The number of hydrogen-bond donors (Lipinski definition) is 0. The number of esters is 1. The molecule has 0 radical (unpaired) electrons. The van der Waals surface area contributed by atoms with Gasteiger partial charge in [-0.2, -0.15) is 0 Å². The highest BCUT2D eigenvalue weighted by Crippen LogP contribution is 2.29. The fourth-order valence-electron chi connectivity index (χ4n) is 2.80. The molecule has 0 spiro atoms. The number of carbonyl (C=O) groups is 1. The second-order valence-corrected chi connectivity index (χ2v) is 6.31. The Kier molecular flexibility index (Phi) is 6.37. The first-order chi connectivity index (χ1) is 10.2. The first-order valence-corrected chi connectivity index (χ1v) is 9.00. The molecule has 1 aromatic rings. The number of hydrogen-bond acceptors (Lipinski definition) is 3. The van der Waals surface area contributed by atoms with Gasteiger partial charge >= 0.3 is 5.97 Å². The molecule has 21 heavy (non-hydrogen) atoms. The SMILES string of the molecule is CCOC(=O)/C(=C/C1CCCCC1)c1ccc(SC)cc1. The van der Waals surface area contributed by atoms with E-state index in [1.165, 1.54) is 37.0 Å². The minimum Gasteiger partial charge on any atom is -0.462 e. The maximum absolute atomic E-state index is 12.3.